The Balaban J connectivity index is 1.68. The van der Waals surface area contributed by atoms with Gasteiger partial charge in [-0.15, -0.1) is 0 Å². The summed E-state index contributed by atoms with van der Waals surface area (Å²) < 4.78 is 7.87. The second-order valence-electron chi connectivity index (χ2n) is 8.72. The Labute approximate surface area is 199 Å². The molecule has 1 amide bonds. The Kier molecular flexibility index (Phi) is 7.14. The van der Waals surface area contributed by atoms with E-state index in [0.29, 0.717) is 18.9 Å². The lowest BCUT2D eigenvalue weighted by Gasteiger charge is -2.18. The van der Waals surface area contributed by atoms with Crippen LogP contribution in [0.2, 0.25) is 0 Å². The Hall–Kier alpha value is -3.12. The maximum Gasteiger partial charge on any atom is 0.226 e. The summed E-state index contributed by atoms with van der Waals surface area (Å²) in [6.45, 7) is 7.55. The van der Waals surface area contributed by atoms with E-state index < -0.39 is 0 Å². The zero-order valence-electron chi connectivity index (χ0n) is 19.7. The molecule has 4 aromatic rings. The lowest BCUT2D eigenvalue weighted by atomic mass is 10.1. The SMILES string of the molecule is CCOc1ccc(Cc2nc3cc(N(C)C(=O)CC(C)C)ccc3n2Cc2ccsc2)cc1. The molecule has 0 aliphatic carbocycles. The molecule has 0 unspecified atom stereocenters. The van der Waals surface area contributed by atoms with E-state index in [1.54, 1.807) is 16.2 Å². The molecule has 4 rings (SSSR count). The number of anilines is 1. The molecule has 2 aromatic heterocycles. The van der Waals surface area contributed by atoms with E-state index in [-0.39, 0.29) is 5.91 Å². The number of benzene rings is 2. The fraction of sp³-hybridized carbons (Fsp3) is 0.333. The van der Waals surface area contributed by atoms with Crippen LogP contribution in [0.3, 0.4) is 0 Å². The molecule has 0 spiro atoms. The van der Waals surface area contributed by atoms with Gasteiger partial charge < -0.3 is 14.2 Å². The number of nitrogens with zero attached hydrogens (tertiary/aromatic N) is 3. The molecule has 0 aliphatic heterocycles. The second kappa shape index (κ2) is 10.2. The van der Waals surface area contributed by atoms with Crippen molar-refractivity contribution in [3.05, 3.63) is 76.2 Å². The molecule has 5 nitrogen and oxygen atoms in total. The fourth-order valence-corrected chi connectivity index (χ4v) is 4.60. The third-order valence-corrected chi connectivity index (χ3v) is 6.40. The molecule has 0 atom stereocenters. The smallest absolute Gasteiger partial charge is 0.226 e. The summed E-state index contributed by atoms with van der Waals surface area (Å²) in [5, 5.41) is 4.28. The largest absolute Gasteiger partial charge is 0.494 e. The average Bonchev–Trinajstić information content (AvgIpc) is 3.42. The lowest BCUT2D eigenvalue weighted by Crippen LogP contribution is -2.27. The van der Waals surface area contributed by atoms with E-state index >= 15 is 0 Å². The van der Waals surface area contributed by atoms with Gasteiger partial charge in [0.2, 0.25) is 5.91 Å². The summed E-state index contributed by atoms with van der Waals surface area (Å²) in [4.78, 5) is 19.3. The fourth-order valence-electron chi connectivity index (χ4n) is 3.94. The van der Waals surface area contributed by atoms with Gasteiger partial charge in [0.05, 0.1) is 24.2 Å². The third-order valence-electron chi connectivity index (χ3n) is 5.67. The van der Waals surface area contributed by atoms with Crippen molar-refractivity contribution >= 4 is 34.0 Å². The number of amides is 1. The summed E-state index contributed by atoms with van der Waals surface area (Å²) >= 11 is 1.71. The number of carbonyl (C=O) groups is 1. The Morgan fingerprint density at radius 1 is 1.12 bits per heavy atom. The predicted molar refractivity (Wildman–Crippen MR) is 136 cm³/mol. The number of rotatable bonds is 9. The van der Waals surface area contributed by atoms with Crippen molar-refractivity contribution in [2.75, 3.05) is 18.6 Å². The van der Waals surface area contributed by atoms with E-state index in [1.165, 1.54) is 11.1 Å². The van der Waals surface area contributed by atoms with Crippen LogP contribution in [0.15, 0.2) is 59.3 Å². The molecule has 0 radical (unpaired) electrons. The number of fused-ring (bicyclic) bond motifs is 1. The van der Waals surface area contributed by atoms with Crippen LogP contribution in [0.25, 0.3) is 11.0 Å². The molecular weight excluding hydrogens is 430 g/mol. The van der Waals surface area contributed by atoms with E-state index in [0.717, 1.165) is 41.3 Å². The molecule has 172 valence electrons. The average molecular weight is 462 g/mol. The summed E-state index contributed by atoms with van der Waals surface area (Å²) in [5.74, 6) is 2.34. The highest BCUT2D eigenvalue weighted by Gasteiger charge is 2.17. The maximum atomic E-state index is 12.6. The summed E-state index contributed by atoms with van der Waals surface area (Å²) in [5.41, 5.74) is 5.31. The van der Waals surface area contributed by atoms with E-state index in [1.807, 2.05) is 38.2 Å². The van der Waals surface area contributed by atoms with Gasteiger partial charge in [-0.1, -0.05) is 26.0 Å². The van der Waals surface area contributed by atoms with Gasteiger partial charge in [0.15, 0.2) is 0 Å². The van der Waals surface area contributed by atoms with Gasteiger partial charge >= 0.3 is 0 Å². The van der Waals surface area contributed by atoms with Crippen molar-refractivity contribution in [2.45, 2.75) is 40.2 Å². The molecule has 0 saturated heterocycles. The van der Waals surface area contributed by atoms with Crippen LogP contribution in [-0.2, 0) is 17.8 Å². The van der Waals surface area contributed by atoms with Crippen molar-refractivity contribution in [3.63, 3.8) is 0 Å². The highest BCUT2D eigenvalue weighted by molar-refractivity contribution is 7.07. The molecular formula is C27H31N3O2S. The molecule has 0 saturated carbocycles. The van der Waals surface area contributed by atoms with Crippen LogP contribution in [0, 0.1) is 5.92 Å². The standard InChI is InChI=1S/C27H31N3O2S/c1-5-32-23-9-6-20(7-10-23)15-26-28-24-16-22(29(4)27(31)14-19(2)3)8-11-25(24)30(26)17-21-12-13-33-18-21/h6-13,16,18-19H,5,14-15,17H2,1-4H3. The lowest BCUT2D eigenvalue weighted by molar-refractivity contribution is -0.119. The van der Waals surface area contributed by atoms with Crippen LogP contribution < -0.4 is 9.64 Å². The highest BCUT2D eigenvalue weighted by Crippen LogP contribution is 2.26. The number of ether oxygens (including phenoxy) is 1. The van der Waals surface area contributed by atoms with Gasteiger partial charge in [0, 0.05) is 25.6 Å². The van der Waals surface area contributed by atoms with Gasteiger partial charge in [-0.25, -0.2) is 4.98 Å². The minimum absolute atomic E-state index is 0.122. The number of hydrogen-bond acceptors (Lipinski definition) is 4. The third kappa shape index (κ3) is 5.45. The molecule has 2 aromatic carbocycles. The van der Waals surface area contributed by atoms with Crippen LogP contribution in [0.4, 0.5) is 5.69 Å². The highest BCUT2D eigenvalue weighted by atomic mass is 32.1. The van der Waals surface area contributed by atoms with Gasteiger partial charge in [0.1, 0.15) is 11.6 Å². The van der Waals surface area contributed by atoms with Gasteiger partial charge in [-0.3, -0.25) is 4.79 Å². The first-order chi connectivity index (χ1) is 15.9. The minimum Gasteiger partial charge on any atom is -0.494 e. The van der Waals surface area contributed by atoms with Crippen LogP contribution in [-0.4, -0.2) is 29.1 Å². The zero-order valence-corrected chi connectivity index (χ0v) is 20.6. The normalized spacial score (nSPS) is 11.3. The van der Waals surface area contributed by atoms with E-state index in [9.17, 15) is 4.79 Å². The molecule has 0 aliphatic rings. The first-order valence-electron chi connectivity index (χ1n) is 11.4. The molecule has 0 N–H and O–H groups in total. The van der Waals surface area contributed by atoms with Crippen molar-refractivity contribution in [2.24, 2.45) is 5.92 Å². The monoisotopic (exact) mass is 461 g/mol. The van der Waals surface area contributed by atoms with Gasteiger partial charge in [0.25, 0.3) is 0 Å². The molecule has 33 heavy (non-hydrogen) atoms. The topological polar surface area (TPSA) is 47.4 Å². The van der Waals surface area contributed by atoms with Crippen LogP contribution >= 0.6 is 11.3 Å². The zero-order chi connectivity index (χ0) is 23.4. The maximum absolute atomic E-state index is 12.6. The number of hydrogen-bond donors (Lipinski definition) is 0. The quantitative estimate of drug-likeness (QED) is 0.301. The number of thiophene rings is 1. The van der Waals surface area contributed by atoms with Crippen molar-refractivity contribution in [1.29, 1.82) is 0 Å². The first-order valence-corrected chi connectivity index (χ1v) is 12.4. The first kappa shape index (κ1) is 23.1. The van der Waals surface area contributed by atoms with E-state index in [4.69, 9.17) is 9.72 Å². The van der Waals surface area contributed by atoms with Crippen molar-refractivity contribution in [1.82, 2.24) is 9.55 Å². The molecule has 2 heterocycles. The summed E-state index contributed by atoms with van der Waals surface area (Å²) in [6.07, 6.45) is 1.26. The number of imidazole rings is 1. The minimum atomic E-state index is 0.122. The molecule has 0 fully saturated rings. The van der Waals surface area contributed by atoms with Crippen molar-refractivity contribution < 1.29 is 9.53 Å². The number of carbonyl (C=O) groups excluding carboxylic acids is 1. The second-order valence-corrected chi connectivity index (χ2v) is 9.50. The Morgan fingerprint density at radius 2 is 1.91 bits per heavy atom. The van der Waals surface area contributed by atoms with Crippen LogP contribution in [0.1, 0.15) is 44.1 Å². The van der Waals surface area contributed by atoms with Gasteiger partial charge in [-0.2, -0.15) is 11.3 Å². The Morgan fingerprint density at radius 3 is 2.58 bits per heavy atom. The Bertz CT molecular complexity index is 1210. The van der Waals surface area contributed by atoms with Gasteiger partial charge in [-0.05, 0) is 71.1 Å². The predicted octanol–water partition coefficient (Wildman–Crippen LogP) is 6.14. The number of aromatic nitrogens is 2. The summed E-state index contributed by atoms with van der Waals surface area (Å²) in [6, 6.07) is 16.5. The van der Waals surface area contributed by atoms with Crippen LogP contribution in [0.5, 0.6) is 5.75 Å². The van der Waals surface area contributed by atoms with E-state index in [2.05, 4.69) is 53.4 Å². The summed E-state index contributed by atoms with van der Waals surface area (Å²) in [7, 11) is 1.84. The van der Waals surface area contributed by atoms with Crippen molar-refractivity contribution in [3.8, 4) is 5.75 Å². The molecule has 0 bridgehead atoms. The molecule has 6 heteroatoms.